The molecule has 70 valence electrons. The molecule has 0 saturated carbocycles. The van der Waals surface area contributed by atoms with Crippen LogP contribution in [0.3, 0.4) is 0 Å². The molecule has 0 aromatic rings. The third-order valence-corrected chi connectivity index (χ3v) is 2.16. The Kier molecular flexibility index (Phi) is 5.53. The molecule has 0 aliphatic carbocycles. The largest absolute Gasteiger partial charge is 0.474 e. The normalized spacial score (nSPS) is 12.2. The van der Waals surface area contributed by atoms with E-state index in [0.717, 1.165) is 5.75 Å². The third kappa shape index (κ3) is 5.01. The minimum absolute atomic E-state index is 0.309. The highest BCUT2D eigenvalue weighted by atomic mass is 32.2. The van der Waals surface area contributed by atoms with E-state index in [2.05, 4.69) is 5.32 Å². The van der Waals surface area contributed by atoms with Crippen LogP contribution in [0, 0.1) is 5.92 Å². The summed E-state index contributed by atoms with van der Waals surface area (Å²) in [6.45, 7) is 2.38. The highest BCUT2D eigenvalue weighted by Crippen LogP contribution is 2.02. The molecule has 1 atom stereocenters. The summed E-state index contributed by atoms with van der Waals surface area (Å²) >= 11 is 1.67. The van der Waals surface area contributed by atoms with Crippen LogP contribution < -0.4 is 5.32 Å². The van der Waals surface area contributed by atoms with Gasteiger partial charge in [0, 0.05) is 6.54 Å². The average Bonchev–Trinajstić information content (AvgIpc) is 2.00. The van der Waals surface area contributed by atoms with E-state index in [9.17, 15) is 9.59 Å². The fraction of sp³-hybridized carbons (Fsp3) is 0.714. The van der Waals surface area contributed by atoms with Gasteiger partial charge in [0.2, 0.25) is 0 Å². The van der Waals surface area contributed by atoms with Crippen molar-refractivity contribution < 1.29 is 14.7 Å². The Balaban J connectivity index is 3.54. The molecule has 0 aromatic heterocycles. The quantitative estimate of drug-likeness (QED) is 0.622. The van der Waals surface area contributed by atoms with Crippen molar-refractivity contribution in [3.8, 4) is 0 Å². The summed E-state index contributed by atoms with van der Waals surface area (Å²) in [5, 5.41) is 10.5. The summed E-state index contributed by atoms with van der Waals surface area (Å²) in [4.78, 5) is 20.6. The molecule has 12 heavy (non-hydrogen) atoms. The molecule has 0 radical (unpaired) electrons. The van der Waals surface area contributed by atoms with Gasteiger partial charge in [0.15, 0.2) is 0 Å². The summed E-state index contributed by atoms with van der Waals surface area (Å²) in [5.41, 5.74) is 0. The van der Waals surface area contributed by atoms with Gasteiger partial charge in [0.25, 0.3) is 0 Å². The molecule has 2 N–H and O–H groups in total. The fourth-order valence-corrected chi connectivity index (χ4v) is 1.37. The molecular formula is C7H13NO3S. The molecule has 0 fully saturated rings. The molecule has 0 bridgehead atoms. The van der Waals surface area contributed by atoms with E-state index in [4.69, 9.17) is 5.11 Å². The van der Waals surface area contributed by atoms with Gasteiger partial charge in [-0.3, -0.25) is 4.79 Å². The molecule has 0 heterocycles. The standard InChI is InChI=1S/C7H13NO3S/c1-5(4-12-2)3-8-6(9)7(10)11/h5H,3-4H2,1-2H3,(H,8,9)(H,10,11)/t5-/m1/s1. The number of carbonyl (C=O) groups is 2. The number of thioether (sulfide) groups is 1. The minimum Gasteiger partial charge on any atom is -0.474 e. The number of rotatable bonds is 4. The van der Waals surface area contributed by atoms with E-state index >= 15 is 0 Å². The predicted molar refractivity (Wildman–Crippen MR) is 48.2 cm³/mol. The van der Waals surface area contributed by atoms with Crippen molar-refractivity contribution in [2.75, 3.05) is 18.6 Å². The van der Waals surface area contributed by atoms with E-state index < -0.39 is 11.9 Å². The summed E-state index contributed by atoms with van der Waals surface area (Å²) < 4.78 is 0. The van der Waals surface area contributed by atoms with Crippen LogP contribution in [0.15, 0.2) is 0 Å². The first kappa shape index (κ1) is 11.3. The number of carboxylic acid groups (broad SMARTS) is 1. The van der Waals surface area contributed by atoms with Crippen LogP contribution in [-0.2, 0) is 9.59 Å². The van der Waals surface area contributed by atoms with Crippen LogP contribution in [-0.4, -0.2) is 35.5 Å². The van der Waals surface area contributed by atoms with E-state index in [1.54, 1.807) is 11.8 Å². The maximum atomic E-state index is 10.5. The zero-order chi connectivity index (χ0) is 9.56. The van der Waals surface area contributed by atoms with Gasteiger partial charge < -0.3 is 10.4 Å². The van der Waals surface area contributed by atoms with Crippen LogP contribution in [0.5, 0.6) is 0 Å². The summed E-state index contributed by atoms with van der Waals surface area (Å²) in [6, 6.07) is 0. The molecule has 0 spiro atoms. The second-order valence-corrected chi connectivity index (χ2v) is 3.49. The Bertz CT molecular complexity index is 172. The van der Waals surface area contributed by atoms with Crippen LogP contribution in [0.2, 0.25) is 0 Å². The maximum absolute atomic E-state index is 10.5. The van der Waals surface area contributed by atoms with Crippen LogP contribution in [0.4, 0.5) is 0 Å². The van der Waals surface area contributed by atoms with Gasteiger partial charge in [0.1, 0.15) is 0 Å². The number of nitrogens with one attached hydrogen (secondary N) is 1. The Labute approximate surface area is 75.7 Å². The van der Waals surface area contributed by atoms with E-state index in [0.29, 0.717) is 12.5 Å². The first-order valence-corrected chi connectivity index (χ1v) is 4.97. The summed E-state index contributed by atoms with van der Waals surface area (Å²) in [6.07, 6.45) is 1.97. The van der Waals surface area contributed by atoms with Gasteiger partial charge in [-0.25, -0.2) is 4.79 Å². The second-order valence-electron chi connectivity index (χ2n) is 2.58. The van der Waals surface area contributed by atoms with Crippen molar-refractivity contribution in [2.24, 2.45) is 5.92 Å². The zero-order valence-electron chi connectivity index (χ0n) is 7.16. The molecule has 0 aromatic carbocycles. The number of carbonyl (C=O) groups excluding carboxylic acids is 1. The molecule has 0 rings (SSSR count). The first-order chi connectivity index (χ1) is 5.57. The maximum Gasteiger partial charge on any atom is 0.394 e. The minimum atomic E-state index is -1.42. The molecule has 0 unspecified atom stereocenters. The van der Waals surface area contributed by atoms with Crippen molar-refractivity contribution in [2.45, 2.75) is 6.92 Å². The number of aliphatic carboxylic acids is 1. The topological polar surface area (TPSA) is 66.4 Å². The number of hydrogen-bond acceptors (Lipinski definition) is 3. The second kappa shape index (κ2) is 5.88. The average molecular weight is 191 g/mol. The Morgan fingerprint density at radius 3 is 2.58 bits per heavy atom. The monoisotopic (exact) mass is 191 g/mol. The van der Waals surface area contributed by atoms with Crippen LogP contribution in [0.1, 0.15) is 6.92 Å². The Hall–Kier alpha value is -0.710. The Morgan fingerprint density at radius 2 is 2.17 bits per heavy atom. The van der Waals surface area contributed by atoms with Crippen molar-refractivity contribution in [1.82, 2.24) is 5.32 Å². The highest BCUT2D eigenvalue weighted by Gasteiger charge is 2.11. The lowest BCUT2D eigenvalue weighted by Gasteiger charge is -2.08. The van der Waals surface area contributed by atoms with Crippen molar-refractivity contribution in [1.29, 1.82) is 0 Å². The van der Waals surface area contributed by atoms with Crippen LogP contribution >= 0.6 is 11.8 Å². The van der Waals surface area contributed by atoms with Gasteiger partial charge in [-0.1, -0.05) is 6.92 Å². The lowest BCUT2D eigenvalue weighted by molar-refractivity contribution is -0.150. The molecule has 1 amide bonds. The summed E-state index contributed by atoms with van der Waals surface area (Å²) in [5.74, 6) is -1.13. The predicted octanol–water partition coefficient (Wildman–Crippen LogP) is 0.186. The smallest absolute Gasteiger partial charge is 0.394 e. The SMILES string of the molecule is CSC[C@H](C)CNC(=O)C(=O)O. The molecule has 0 aliphatic rings. The summed E-state index contributed by atoms with van der Waals surface area (Å²) in [7, 11) is 0. The zero-order valence-corrected chi connectivity index (χ0v) is 7.98. The van der Waals surface area contributed by atoms with Gasteiger partial charge >= 0.3 is 11.9 Å². The molecule has 0 saturated heterocycles. The van der Waals surface area contributed by atoms with Crippen molar-refractivity contribution in [3.05, 3.63) is 0 Å². The van der Waals surface area contributed by atoms with Crippen molar-refractivity contribution >= 4 is 23.6 Å². The van der Waals surface area contributed by atoms with E-state index in [1.807, 2.05) is 13.2 Å². The lowest BCUT2D eigenvalue weighted by atomic mass is 10.2. The van der Waals surface area contributed by atoms with Gasteiger partial charge in [-0.05, 0) is 17.9 Å². The van der Waals surface area contributed by atoms with Crippen LogP contribution in [0.25, 0.3) is 0 Å². The number of carboxylic acids is 1. The van der Waals surface area contributed by atoms with Gasteiger partial charge in [-0.2, -0.15) is 11.8 Å². The first-order valence-electron chi connectivity index (χ1n) is 3.58. The van der Waals surface area contributed by atoms with Gasteiger partial charge in [-0.15, -0.1) is 0 Å². The van der Waals surface area contributed by atoms with Crippen molar-refractivity contribution in [3.63, 3.8) is 0 Å². The number of hydrogen-bond donors (Lipinski definition) is 2. The molecule has 0 aliphatic heterocycles. The fourth-order valence-electron chi connectivity index (χ4n) is 0.686. The molecule has 5 heteroatoms. The Morgan fingerprint density at radius 1 is 1.58 bits per heavy atom. The lowest BCUT2D eigenvalue weighted by Crippen LogP contribution is -2.34. The van der Waals surface area contributed by atoms with E-state index in [-0.39, 0.29) is 0 Å². The highest BCUT2D eigenvalue weighted by molar-refractivity contribution is 7.98. The van der Waals surface area contributed by atoms with E-state index in [1.165, 1.54) is 0 Å². The van der Waals surface area contributed by atoms with Gasteiger partial charge in [0.05, 0.1) is 0 Å². The number of amides is 1. The third-order valence-electron chi connectivity index (χ3n) is 1.26. The molecule has 4 nitrogen and oxygen atoms in total. The molecular weight excluding hydrogens is 178 g/mol.